The molecule has 3 atom stereocenters. The molecule has 0 aliphatic carbocycles. The molecule has 2 nitrogen and oxygen atoms in total. The Morgan fingerprint density at radius 1 is 1.18 bits per heavy atom. The predicted molar refractivity (Wildman–Crippen MR) is 74.2 cm³/mol. The van der Waals surface area contributed by atoms with E-state index in [1.165, 1.54) is 12.8 Å². The first-order valence-corrected chi connectivity index (χ1v) is 6.94. The Balaban J connectivity index is 4.82. The van der Waals surface area contributed by atoms with Gasteiger partial charge in [0.05, 0.1) is 12.2 Å². The first-order valence-electron chi connectivity index (χ1n) is 6.94. The molecule has 0 aromatic carbocycles. The molecule has 0 bridgehead atoms. The molecule has 0 spiro atoms. The van der Waals surface area contributed by atoms with Crippen molar-refractivity contribution in [2.75, 3.05) is 7.11 Å². The van der Waals surface area contributed by atoms with Gasteiger partial charge < -0.3 is 9.84 Å². The highest BCUT2D eigenvalue weighted by atomic mass is 16.5. The quantitative estimate of drug-likeness (QED) is 0.699. The summed E-state index contributed by atoms with van der Waals surface area (Å²) in [4.78, 5) is 0. The fraction of sp³-hybridized carbons (Fsp3) is 1.00. The van der Waals surface area contributed by atoms with Crippen molar-refractivity contribution in [1.82, 2.24) is 0 Å². The lowest BCUT2D eigenvalue weighted by Crippen LogP contribution is -2.40. The molecule has 17 heavy (non-hydrogen) atoms. The SMILES string of the molecule is CCCC(C)(CC)C(CC(C)(C)C(C)O)OC. The lowest BCUT2D eigenvalue weighted by atomic mass is 9.70. The predicted octanol–water partition coefficient (Wildman–Crippen LogP) is 4.01. The van der Waals surface area contributed by atoms with E-state index in [1.54, 1.807) is 7.11 Å². The van der Waals surface area contributed by atoms with E-state index in [2.05, 4.69) is 34.6 Å². The maximum Gasteiger partial charge on any atom is 0.0630 e. The summed E-state index contributed by atoms with van der Waals surface area (Å²) in [6.45, 7) is 12.9. The van der Waals surface area contributed by atoms with Gasteiger partial charge in [0.1, 0.15) is 0 Å². The monoisotopic (exact) mass is 244 g/mol. The molecule has 0 heterocycles. The molecule has 0 saturated heterocycles. The maximum atomic E-state index is 9.84. The topological polar surface area (TPSA) is 29.5 Å². The van der Waals surface area contributed by atoms with E-state index < -0.39 is 0 Å². The van der Waals surface area contributed by atoms with Crippen LogP contribution in [0.25, 0.3) is 0 Å². The third-order valence-electron chi connectivity index (χ3n) is 4.53. The lowest BCUT2D eigenvalue weighted by molar-refractivity contribution is -0.0601. The van der Waals surface area contributed by atoms with Gasteiger partial charge in [0.2, 0.25) is 0 Å². The van der Waals surface area contributed by atoms with Gasteiger partial charge in [0.15, 0.2) is 0 Å². The summed E-state index contributed by atoms with van der Waals surface area (Å²) >= 11 is 0. The largest absolute Gasteiger partial charge is 0.393 e. The molecular weight excluding hydrogens is 212 g/mol. The van der Waals surface area contributed by atoms with Crippen molar-refractivity contribution in [3.05, 3.63) is 0 Å². The highest BCUT2D eigenvalue weighted by molar-refractivity contribution is 4.88. The standard InChI is InChI=1S/C15H32O2/c1-8-10-15(6,9-2)13(17-7)11-14(4,5)12(3)16/h12-13,16H,8-11H2,1-7H3. The average Bonchev–Trinajstić information content (AvgIpc) is 2.25. The number of hydrogen-bond donors (Lipinski definition) is 1. The molecule has 0 rings (SSSR count). The van der Waals surface area contributed by atoms with Crippen molar-refractivity contribution < 1.29 is 9.84 Å². The van der Waals surface area contributed by atoms with Crippen LogP contribution in [-0.2, 0) is 4.74 Å². The molecule has 0 radical (unpaired) electrons. The Bertz CT molecular complexity index is 211. The summed E-state index contributed by atoms with van der Waals surface area (Å²) < 4.78 is 5.73. The van der Waals surface area contributed by atoms with Crippen LogP contribution in [-0.4, -0.2) is 24.4 Å². The summed E-state index contributed by atoms with van der Waals surface area (Å²) in [5.74, 6) is 0. The van der Waals surface area contributed by atoms with Crippen LogP contribution >= 0.6 is 0 Å². The highest BCUT2D eigenvalue weighted by Gasteiger charge is 2.37. The van der Waals surface area contributed by atoms with Crippen LogP contribution in [0.4, 0.5) is 0 Å². The van der Waals surface area contributed by atoms with Gasteiger partial charge in [-0.2, -0.15) is 0 Å². The Labute approximate surface area is 108 Å². The van der Waals surface area contributed by atoms with Crippen molar-refractivity contribution >= 4 is 0 Å². The summed E-state index contributed by atoms with van der Waals surface area (Å²) in [6, 6.07) is 0. The van der Waals surface area contributed by atoms with E-state index in [-0.39, 0.29) is 23.0 Å². The van der Waals surface area contributed by atoms with E-state index >= 15 is 0 Å². The zero-order valence-electron chi connectivity index (χ0n) is 12.8. The van der Waals surface area contributed by atoms with E-state index in [0.29, 0.717) is 0 Å². The van der Waals surface area contributed by atoms with Crippen LogP contribution in [0.3, 0.4) is 0 Å². The molecular formula is C15H32O2. The zero-order chi connectivity index (χ0) is 13.7. The molecule has 0 amide bonds. The molecule has 0 saturated carbocycles. The number of rotatable bonds is 8. The molecule has 104 valence electrons. The third-order valence-corrected chi connectivity index (χ3v) is 4.53. The number of hydrogen-bond acceptors (Lipinski definition) is 2. The third kappa shape index (κ3) is 4.59. The summed E-state index contributed by atoms with van der Waals surface area (Å²) in [5.41, 5.74) is 0.126. The van der Waals surface area contributed by atoms with Gasteiger partial charge in [0, 0.05) is 7.11 Å². The number of ether oxygens (including phenoxy) is 1. The molecule has 2 heteroatoms. The molecule has 3 unspecified atom stereocenters. The first kappa shape index (κ1) is 16.9. The van der Waals surface area contributed by atoms with Crippen LogP contribution in [0.2, 0.25) is 0 Å². The first-order chi connectivity index (χ1) is 7.73. The lowest BCUT2D eigenvalue weighted by Gasteiger charge is -2.41. The van der Waals surface area contributed by atoms with Crippen molar-refractivity contribution in [2.45, 2.75) is 79.4 Å². The van der Waals surface area contributed by atoms with E-state index in [9.17, 15) is 5.11 Å². The minimum atomic E-state index is -0.303. The molecule has 0 aliphatic rings. The van der Waals surface area contributed by atoms with E-state index in [1.807, 2.05) is 6.92 Å². The van der Waals surface area contributed by atoms with Gasteiger partial charge in [-0.1, -0.05) is 41.0 Å². The van der Waals surface area contributed by atoms with Crippen molar-refractivity contribution in [2.24, 2.45) is 10.8 Å². The second kappa shape index (κ2) is 6.75. The average molecular weight is 244 g/mol. The normalized spacial score (nSPS) is 19.8. The minimum absolute atomic E-state index is 0.0924. The Morgan fingerprint density at radius 3 is 2.00 bits per heavy atom. The summed E-state index contributed by atoms with van der Waals surface area (Å²) in [7, 11) is 1.80. The van der Waals surface area contributed by atoms with Gasteiger partial charge in [-0.05, 0) is 37.0 Å². The van der Waals surface area contributed by atoms with Crippen LogP contribution < -0.4 is 0 Å². The van der Waals surface area contributed by atoms with Crippen LogP contribution in [0, 0.1) is 10.8 Å². The second-order valence-corrected chi connectivity index (χ2v) is 6.35. The Morgan fingerprint density at radius 2 is 1.71 bits per heavy atom. The molecule has 0 fully saturated rings. The van der Waals surface area contributed by atoms with Gasteiger partial charge in [-0.3, -0.25) is 0 Å². The van der Waals surface area contributed by atoms with Gasteiger partial charge in [0.25, 0.3) is 0 Å². The fourth-order valence-electron chi connectivity index (χ4n) is 2.40. The van der Waals surface area contributed by atoms with Gasteiger partial charge >= 0.3 is 0 Å². The number of aliphatic hydroxyl groups is 1. The summed E-state index contributed by atoms with van der Waals surface area (Å²) in [6.07, 6.45) is 4.30. The number of methoxy groups -OCH3 is 1. The highest BCUT2D eigenvalue weighted by Crippen LogP contribution is 2.40. The van der Waals surface area contributed by atoms with Crippen molar-refractivity contribution in [3.8, 4) is 0 Å². The molecule has 1 N–H and O–H groups in total. The Hall–Kier alpha value is -0.0800. The van der Waals surface area contributed by atoms with Crippen LogP contribution in [0.1, 0.15) is 67.2 Å². The smallest absolute Gasteiger partial charge is 0.0630 e. The van der Waals surface area contributed by atoms with Crippen molar-refractivity contribution in [1.29, 1.82) is 0 Å². The van der Waals surface area contributed by atoms with E-state index in [0.717, 1.165) is 12.8 Å². The molecule has 0 aromatic rings. The van der Waals surface area contributed by atoms with Crippen LogP contribution in [0.15, 0.2) is 0 Å². The number of aliphatic hydroxyl groups excluding tert-OH is 1. The zero-order valence-corrected chi connectivity index (χ0v) is 12.8. The minimum Gasteiger partial charge on any atom is -0.393 e. The van der Waals surface area contributed by atoms with Crippen molar-refractivity contribution in [3.63, 3.8) is 0 Å². The fourth-order valence-corrected chi connectivity index (χ4v) is 2.40. The molecule has 0 aromatic heterocycles. The van der Waals surface area contributed by atoms with Gasteiger partial charge in [-0.25, -0.2) is 0 Å². The van der Waals surface area contributed by atoms with Gasteiger partial charge in [-0.15, -0.1) is 0 Å². The summed E-state index contributed by atoms with van der Waals surface area (Å²) in [5, 5.41) is 9.84. The Kier molecular flexibility index (Phi) is 6.71. The second-order valence-electron chi connectivity index (χ2n) is 6.35. The van der Waals surface area contributed by atoms with Crippen LogP contribution in [0.5, 0.6) is 0 Å². The molecule has 0 aliphatic heterocycles. The maximum absolute atomic E-state index is 9.84. The van der Waals surface area contributed by atoms with E-state index in [4.69, 9.17) is 4.74 Å².